The lowest BCUT2D eigenvalue weighted by atomic mass is 9.88. The zero-order valence-electron chi connectivity index (χ0n) is 16.8. The van der Waals surface area contributed by atoms with Crippen molar-refractivity contribution in [1.82, 2.24) is 4.90 Å². The summed E-state index contributed by atoms with van der Waals surface area (Å²) in [5, 5.41) is 30.6. The van der Waals surface area contributed by atoms with Crippen LogP contribution < -0.4 is 0 Å². The van der Waals surface area contributed by atoms with Crippen molar-refractivity contribution in [2.45, 2.75) is 102 Å². The van der Waals surface area contributed by atoms with Crippen molar-refractivity contribution in [3.8, 4) is 0 Å². The van der Waals surface area contributed by atoms with Gasteiger partial charge in [0, 0.05) is 18.0 Å². The molecule has 3 aliphatic rings. The average Bonchev–Trinajstić information content (AvgIpc) is 3.12. The summed E-state index contributed by atoms with van der Waals surface area (Å²) in [6, 6.07) is 0.123. The highest BCUT2D eigenvalue weighted by atomic mass is 16.4. The number of unbranched alkanes of at least 4 members (excludes halogenated alkanes) is 1. The quantitative estimate of drug-likeness (QED) is 0.564. The van der Waals surface area contributed by atoms with Crippen molar-refractivity contribution < 1.29 is 20.1 Å². The first-order valence-corrected chi connectivity index (χ1v) is 11.0. The van der Waals surface area contributed by atoms with Gasteiger partial charge in [0.25, 0.3) is 0 Å². The number of carboxylic acid groups (broad SMARTS) is 1. The van der Waals surface area contributed by atoms with E-state index in [0.29, 0.717) is 24.3 Å². The molecule has 0 amide bonds. The van der Waals surface area contributed by atoms with E-state index in [1.165, 1.54) is 12.8 Å². The number of fused-ring (bicyclic) bond motifs is 3. The van der Waals surface area contributed by atoms with Gasteiger partial charge in [-0.15, -0.1) is 0 Å². The number of nitrogens with zero attached hydrogens (tertiary/aromatic N) is 1. The van der Waals surface area contributed by atoms with Gasteiger partial charge >= 0.3 is 5.97 Å². The van der Waals surface area contributed by atoms with Crippen LogP contribution in [0, 0.1) is 17.8 Å². The molecule has 0 aromatic heterocycles. The van der Waals surface area contributed by atoms with Gasteiger partial charge in [-0.05, 0) is 50.4 Å². The van der Waals surface area contributed by atoms with E-state index in [9.17, 15) is 20.1 Å². The normalized spacial score (nSPS) is 38.7. The highest BCUT2D eigenvalue weighted by molar-refractivity contribution is 5.73. The van der Waals surface area contributed by atoms with Gasteiger partial charge in [-0.2, -0.15) is 0 Å². The Bertz CT molecular complexity index is 536. The minimum Gasteiger partial charge on any atom is -0.480 e. The maximum absolute atomic E-state index is 11.7. The Kier molecular flexibility index (Phi) is 6.98. The van der Waals surface area contributed by atoms with Gasteiger partial charge in [-0.25, -0.2) is 0 Å². The van der Waals surface area contributed by atoms with Crippen molar-refractivity contribution in [3.05, 3.63) is 12.2 Å². The number of aliphatic hydroxyl groups is 2. The van der Waals surface area contributed by atoms with E-state index in [0.717, 1.165) is 38.5 Å². The third kappa shape index (κ3) is 4.57. The third-order valence-corrected chi connectivity index (χ3v) is 7.17. The molecule has 2 saturated heterocycles. The fraction of sp³-hybridized carbons (Fsp3) is 0.864. The Labute approximate surface area is 163 Å². The smallest absolute Gasteiger partial charge is 0.320 e. The molecule has 154 valence electrons. The lowest BCUT2D eigenvalue weighted by molar-refractivity contribution is -0.146. The van der Waals surface area contributed by atoms with Crippen LogP contribution in [0.1, 0.15) is 71.6 Å². The number of piperidine rings is 1. The number of hydrogen-bond acceptors (Lipinski definition) is 4. The highest BCUT2D eigenvalue weighted by Gasteiger charge is 2.54. The largest absolute Gasteiger partial charge is 0.480 e. The second-order valence-electron chi connectivity index (χ2n) is 9.17. The molecule has 3 unspecified atom stereocenters. The molecular formula is C22H37NO4. The molecule has 1 saturated carbocycles. The third-order valence-electron chi connectivity index (χ3n) is 7.17. The van der Waals surface area contributed by atoms with Gasteiger partial charge in [-0.1, -0.05) is 45.3 Å². The summed E-state index contributed by atoms with van der Waals surface area (Å²) < 4.78 is 0. The summed E-state index contributed by atoms with van der Waals surface area (Å²) in [4.78, 5) is 13.9. The minimum absolute atomic E-state index is 0.0376. The number of aliphatic hydroxyl groups excluding tert-OH is 2. The Morgan fingerprint density at radius 2 is 2.07 bits per heavy atom. The van der Waals surface area contributed by atoms with E-state index < -0.39 is 24.2 Å². The predicted molar refractivity (Wildman–Crippen MR) is 105 cm³/mol. The number of carboxylic acids is 1. The molecule has 5 nitrogen and oxygen atoms in total. The molecule has 3 N–H and O–H groups in total. The van der Waals surface area contributed by atoms with Crippen molar-refractivity contribution in [3.63, 3.8) is 0 Å². The molecule has 1 aliphatic carbocycles. The lowest BCUT2D eigenvalue weighted by Crippen LogP contribution is -2.51. The van der Waals surface area contributed by atoms with Crippen molar-refractivity contribution in [2.75, 3.05) is 0 Å². The van der Waals surface area contributed by atoms with Gasteiger partial charge in [0.2, 0.25) is 0 Å². The minimum atomic E-state index is -0.717. The van der Waals surface area contributed by atoms with Crippen LogP contribution in [0.3, 0.4) is 0 Å². The summed E-state index contributed by atoms with van der Waals surface area (Å²) in [6.45, 7) is 4.37. The molecule has 0 aromatic rings. The van der Waals surface area contributed by atoms with Crippen LogP contribution in [0.2, 0.25) is 0 Å². The second-order valence-corrected chi connectivity index (χ2v) is 9.17. The first-order valence-electron chi connectivity index (χ1n) is 11.0. The molecular weight excluding hydrogens is 342 g/mol. The van der Waals surface area contributed by atoms with E-state index in [1.807, 2.05) is 12.2 Å². The van der Waals surface area contributed by atoms with Crippen molar-refractivity contribution in [2.24, 2.45) is 17.8 Å². The number of carbonyl (C=O) groups is 1. The Hall–Kier alpha value is -0.910. The fourth-order valence-corrected chi connectivity index (χ4v) is 5.87. The van der Waals surface area contributed by atoms with Crippen LogP contribution in [0.25, 0.3) is 0 Å². The summed E-state index contributed by atoms with van der Waals surface area (Å²) in [6.07, 6.45) is 11.7. The van der Waals surface area contributed by atoms with Crippen LogP contribution >= 0.6 is 0 Å². The molecule has 0 bridgehead atoms. The monoisotopic (exact) mass is 379 g/mol. The number of hydrogen-bond donors (Lipinski definition) is 3. The fourth-order valence-electron chi connectivity index (χ4n) is 5.87. The van der Waals surface area contributed by atoms with Crippen LogP contribution in [-0.2, 0) is 4.79 Å². The van der Waals surface area contributed by atoms with Crippen LogP contribution in [0.4, 0.5) is 0 Å². The molecule has 0 radical (unpaired) electrons. The molecule has 5 heteroatoms. The molecule has 0 spiro atoms. The van der Waals surface area contributed by atoms with E-state index in [-0.39, 0.29) is 12.0 Å². The zero-order valence-corrected chi connectivity index (χ0v) is 16.8. The molecule has 27 heavy (non-hydrogen) atoms. The van der Waals surface area contributed by atoms with Crippen LogP contribution in [0.15, 0.2) is 12.2 Å². The Morgan fingerprint density at radius 3 is 2.78 bits per heavy atom. The average molecular weight is 380 g/mol. The van der Waals surface area contributed by atoms with E-state index >= 15 is 0 Å². The first kappa shape index (κ1) is 20.8. The van der Waals surface area contributed by atoms with Gasteiger partial charge in [0.15, 0.2) is 0 Å². The van der Waals surface area contributed by atoms with E-state index in [1.54, 1.807) is 0 Å². The lowest BCUT2D eigenvalue weighted by Gasteiger charge is -2.38. The highest BCUT2D eigenvalue weighted by Crippen LogP contribution is 2.49. The molecule has 3 fully saturated rings. The van der Waals surface area contributed by atoms with E-state index in [4.69, 9.17) is 0 Å². The maximum Gasteiger partial charge on any atom is 0.320 e. The summed E-state index contributed by atoms with van der Waals surface area (Å²) in [7, 11) is 0. The van der Waals surface area contributed by atoms with Crippen molar-refractivity contribution in [1.29, 1.82) is 0 Å². The summed E-state index contributed by atoms with van der Waals surface area (Å²) >= 11 is 0. The van der Waals surface area contributed by atoms with Gasteiger partial charge in [0.1, 0.15) is 6.04 Å². The topological polar surface area (TPSA) is 81.0 Å². The second kappa shape index (κ2) is 9.06. The van der Waals surface area contributed by atoms with E-state index in [2.05, 4.69) is 18.7 Å². The molecule has 8 atom stereocenters. The summed E-state index contributed by atoms with van der Waals surface area (Å²) in [5.41, 5.74) is 0. The van der Waals surface area contributed by atoms with Gasteiger partial charge in [0.05, 0.1) is 12.2 Å². The Morgan fingerprint density at radius 1 is 1.30 bits per heavy atom. The molecule has 2 heterocycles. The molecule has 0 aromatic carbocycles. The van der Waals surface area contributed by atoms with Gasteiger partial charge < -0.3 is 15.3 Å². The standard InChI is InChI=1S/C22H37NO4/c1-3-4-6-14(2)11-16(24)9-10-17-18-12-15-7-5-8-19(22(26)27)23(15)20(18)13-21(17)25/h9-10,14-21,24-25H,3-8,11-13H2,1-2H3,(H,26,27)/b10-9+/t14?,15?,16-,17+,18+,19?,20+,21+/m0/s1. The molecule has 2 aliphatic heterocycles. The first-order chi connectivity index (χ1) is 12.9. The zero-order chi connectivity index (χ0) is 19.6. The predicted octanol–water partition coefficient (Wildman–Crippen LogP) is 3.20. The SMILES string of the molecule is CCCCC(C)C[C@@H](O)/C=C/[C@@H]1[C@H]2CC3CCCC(C(=O)O)N3[C@@H]2C[C@H]1O. The summed E-state index contributed by atoms with van der Waals surface area (Å²) in [5.74, 6) is 0.134. The number of rotatable bonds is 8. The van der Waals surface area contributed by atoms with Gasteiger partial charge in [-0.3, -0.25) is 9.69 Å². The van der Waals surface area contributed by atoms with Crippen molar-refractivity contribution >= 4 is 5.97 Å². The Balaban J connectivity index is 1.62. The van der Waals surface area contributed by atoms with Crippen LogP contribution in [0.5, 0.6) is 0 Å². The number of aliphatic carboxylic acids is 1. The molecule has 3 rings (SSSR count). The van der Waals surface area contributed by atoms with Crippen LogP contribution in [-0.4, -0.2) is 56.5 Å². The maximum atomic E-state index is 11.7.